The maximum atomic E-state index is 13.1. The van der Waals surface area contributed by atoms with E-state index in [1.807, 2.05) is 6.07 Å². The molecule has 19 heavy (non-hydrogen) atoms. The van der Waals surface area contributed by atoms with Gasteiger partial charge in [-0.2, -0.15) is 0 Å². The van der Waals surface area contributed by atoms with Crippen LogP contribution >= 0.6 is 15.9 Å². The quantitative estimate of drug-likeness (QED) is 0.911. The zero-order valence-electron chi connectivity index (χ0n) is 9.94. The van der Waals surface area contributed by atoms with Gasteiger partial charge >= 0.3 is 0 Å². The van der Waals surface area contributed by atoms with E-state index in [1.165, 1.54) is 18.2 Å². The van der Waals surface area contributed by atoms with Crippen LogP contribution in [0.1, 0.15) is 11.6 Å². The Labute approximate surface area is 118 Å². The van der Waals surface area contributed by atoms with Gasteiger partial charge < -0.3 is 11.1 Å². The van der Waals surface area contributed by atoms with E-state index in [-0.39, 0.29) is 0 Å². The van der Waals surface area contributed by atoms with Crippen molar-refractivity contribution >= 4 is 27.5 Å². The van der Waals surface area contributed by atoms with Gasteiger partial charge in [0.1, 0.15) is 11.9 Å². The van der Waals surface area contributed by atoms with Gasteiger partial charge in [0, 0.05) is 4.47 Å². The molecule has 3 nitrogen and oxygen atoms in total. The normalized spacial score (nSPS) is 11.9. The highest BCUT2D eigenvalue weighted by Gasteiger charge is 2.16. The first kappa shape index (κ1) is 13.7. The summed E-state index contributed by atoms with van der Waals surface area (Å²) in [6.45, 7) is 0. The van der Waals surface area contributed by atoms with Gasteiger partial charge in [-0.25, -0.2) is 4.39 Å². The minimum atomic E-state index is -0.795. The summed E-state index contributed by atoms with van der Waals surface area (Å²) in [4.78, 5) is 12.0. The average molecular weight is 323 g/mol. The number of benzene rings is 2. The molecule has 0 bridgehead atoms. The number of halogens is 2. The number of rotatable bonds is 3. The van der Waals surface area contributed by atoms with Gasteiger partial charge in [0.2, 0.25) is 5.91 Å². The molecule has 3 N–H and O–H groups in total. The molecule has 1 atom stereocenters. The third kappa shape index (κ3) is 3.39. The highest BCUT2D eigenvalue weighted by Crippen LogP contribution is 2.24. The highest BCUT2D eigenvalue weighted by atomic mass is 79.9. The van der Waals surface area contributed by atoms with Crippen LogP contribution in [-0.2, 0) is 4.79 Å². The number of carbonyl (C=O) groups is 1. The molecule has 2 rings (SSSR count). The molecule has 1 unspecified atom stereocenters. The van der Waals surface area contributed by atoms with Crippen LogP contribution < -0.4 is 11.1 Å². The number of hydrogen-bond acceptors (Lipinski definition) is 2. The van der Waals surface area contributed by atoms with E-state index in [0.717, 1.165) is 0 Å². The van der Waals surface area contributed by atoms with Crippen LogP contribution in [-0.4, -0.2) is 5.91 Å². The Morgan fingerprint density at radius 1 is 1.21 bits per heavy atom. The maximum Gasteiger partial charge on any atom is 0.245 e. The van der Waals surface area contributed by atoms with Gasteiger partial charge in [0.25, 0.3) is 0 Å². The van der Waals surface area contributed by atoms with Gasteiger partial charge in [-0.05, 0) is 39.7 Å². The molecule has 5 heteroatoms. The molecule has 0 aromatic heterocycles. The van der Waals surface area contributed by atoms with Crippen LogP contribution in [0.15, 0.2) is 53.0 Å². The predicted molar refractivity (Wildman–Crippen MR) is 76.1 cm³/mol. The molecule has 0 spiro atoms. The van der Waals surface area contributed by atoms with Crippen molar-refractivity contribution in [3.8, 4) is 0 Å². The Hall–Kier alpha value is -1.72. The molecule has 2 aromatic carbocycles. The summed E-state index contributed by atoms with van der Waals surface area (Å²) in [7, 11) is 0. The lowest BCUT2D eigenvalue weighted by atomic mass is 10.1. The topological polar surface area (TPSA) is 55.1 Å². The third-order valence-electron chi connectivity index (χ3n) is 2.63. The highest BCUT2D eigenvalue weighted by molar-refractivity contribution is 9.10. The van der Waals surface area contributed by atoms with E-state index in [0.29, 0.717) is 15.7 Å². The molecular formula is C14H12BrFN2O. The number of hydrogen-bond donors (Lipinski definition) is 2. The molecule has 0 fully saturated rings. The number of nitrogens with two attached hydrogens (primary N) is 1. The number of nitrogens with one attached hydrogen (secondary N) is 1. The van der Waals surface area contributed by atoms with E-state index in [4.69, 9.17) is 5.73 Å². The first-order chi connectivity index (χ1) is 9.08. The maximum absolute atomic E-state index is 13.1. The van der Waals surface area contributed by atoms with Crippen molar-refractivity contribution in [2.45, 2.75) is 6.04 Å². The molecule has 0 radical (unpaired) electrons. The molecular weight excluding hydrogens is 311 g/mol. The Bertz CT molecular complexity index is 589. The summed E-state index contributed by atoms with van der Waals surface area (Å²) in [6, 6.07) is 12.3. The molecule has 98 valence electrons. The molecule has 2 aromatic rings. The zero-order valence-corrected chi connectivity index (χ0v) is 11.5. The molecule has 0 saturated carbocycles. The summed E-state index contributed by atoms with van der Waals surface area (Å²) in [6.07, 6.45) is 0. The Morgan fingerprint density at radius 2 is 1.89 bits per heavy atom. The lowest BCUT2D eigenvalue weighted by molar-refractivity contribution is -0.117. The van der Waals surface area contributed by atoms with E-state index in [2.05, 4.69) is 21.2 Å². The van der Waals surface area contributed by atoms with Gasteiger partial charge in [0.15, 0.2) is 0 Å². The number of anilines is 1. The third-order valence-corrected chi connectivity index (χ3v) is 3.32. The molecule has 0 aliphatic rings. The second-order valence-corrected chi connectivity index (χ2v) is 4.86. The van der Waals surface area contributed by atoms with E-state index < -0.39 is 17.8 Å². The van der Waals surface area contributed by atoms with Crippen molar-refractivity contribution in [3.05, 3.63) is 64.4 Å². The van der Waals surface area contributed by atoms with Crippen molar-refractivity contribution < 1.29 is 9.18 Å². The molecule has 0 saturated heterocycles. The van der Waals surface area contributed by atoms with Crippen LogP contribution in [0.2, 0.25) is 0 Å². The van der Waals surface area contributed by atoms with E-state index >= 15 is 0 Å². The van der Waals surface area contributed by atoms with Gasteiger partial charge in [-0.3, -0.25) is 4.79 Å². The van der Waals surface area contributed by atoms with Gasteiger partial charge in [0.05, 0.1) is 5.69 Å². The fraction of sp³-hybridized carbons (Fsp3) is 0.0714. The lowest BCUT2D eigenvalue weighted by Crippen LogP contribution is -2.27. The van der Waals surface area contributed by atoms with Gasteiger partial charge in [-0.15, -0.1) is 0 Å². The molecule has 0 aliphatic heterocycles. The van der Waals surface area contributed by atoms with Crippen molar-refractivity contribution in [2.75, 3.05) is 5.32 Å². The molecule has 0 heterocycles. The zero-order chi connectivity index (χ0) is 13.8. The second-order valence-electron chi connectivity index (χ2n) is 4.00. The minimum Gasteiger partial charge on any atom is -0.323 e. The Kier molecular flexibility index (Phi) is 4.29. The largest absolute Gasteiger partial charge is 0.323 e. The summed E-state index contributed by atoms with van der Waals surface area (Å²) in [5, 5.41) is 2.60. The SMILES string of the molecule is NC(C(=O)Nc1cc(F)ccc1Br)c1ccccc1. The van der Waals surface area contributed by atoms with Gasteiger partial charge in [-0.1, -0.05) is 30.3 Å². The molecule has 0 aliphatic carbocycles. The first-order valence-electron chi connectivity index (χ1n) is 5.64. The minimum absolute atomic E-state index is 0.358. The van der Waals surface area contributed by atoms with Crippen LogP contribution in [0.4, 0.5) is 10.1 Å². The fourth-order valence-electron chi connectivity index (χ4n) is 1.62. The van der Waals surface area contributed by atoms with E-state index in [9.17, 15) is 9.18 Å². The van der Waals surface area contributed by atoms with E-state index in [1.54, 1.807) is 24.3 Å². The summed E-state index contributed by atoms with van der Waals surface area (Å²) >= 11 is 3.24. The lowest BCUT2D eigenvalue weighted by Gasteiger charge is -2.13. The van der Waals surface area contributed by atoms with Crippen molar-refractivity contribution in [1.29, 1.82) is 0 Å². The number of amides is 1. The van der Waals surface area contributed by atoms with Crippen molar-refractivity contribution in [3.63, 3.8) is 0 Å². The predicted octanol–water partition coefficient (Wildman–Crippen LogP) is 3.23. The Morgan fingerprint density at radius 3 is 2.58 bits per heavy atom. The van der Waals surface area contributed by atoms with Crippen LogP contribution in [0.3, 0.4) is 0 Å². The Balaban J connectivity index is 2.15. The van der Waals surface area contributed by atoms with Crippen molar-refractivity contribution in [1.82, 2.24) is 0 Å². The average Bonchev–Trinajstić information content (AvgIpc) is 2.43. The van der Waals surface area contributed by atoms with Crippen LogP contribution in [0, 0.1) is 5.82 Å². The number of carbonyl (C=O) groups excluding carboxylic acids is 1. The first-order valence-corrected chi connectivity index (χ1v) is 6.43. The van der Waals surface area contributed by atoms with Crippen LogP contribution in [0.25, 0.3) is 0 Å². The summed E-state index contributed by atoms with van der Waals surface area (Å²) in [5.74, 6) is -0.815. The molecule has 1 amide bonds. The standard InChI is InChI=1S/C14H12BrFN2O/c15-11-7-6-10(16)8-12(11)18-14(19)13(17)9-4-2-1-3-5-9/h1-8,13H,17H2,(H,18,19). The summed E-state index contributed by atoms with van der Waals surface area (Å²) in [5.41, 5.74) is 6.91. The smallest absolute Gasteiger partial charge is 0.245 e. The monoisotopic (exact) mass is 322 g/mol. The second kappa shape index (κ2) is 5.95. The fourth-order valence-corrected chi connectivity index (χ4v) is 1.96. The summed E-state index contributed by atoms with van der Waals surface area (Å²) < 4.78 is 13.7. The van der Waals surface area contributed by atoms with Crippen LogP contribution in [0.5, 0.6) is 0 Å². The van der Waals surface area contributed by atoms with Crippen molar-refractivity contribution in [2.24, 2.45) is 5.73 Å².